The highest BCUT2D eigenvalue weighted by atomic mass is 14.9. The third-order valence-corrected chi connectivity index (χ3v) is 3.41. The van der Waals surface area contributed by atoms with E-state index in [1.807, 2.05) is 43.5 Å². The van der Waals surface area contributed by atoms with E-state index in [9.17, 15) is 0 Å². The predicted octanol–water partition coefficient (Wildman–Crippen LogP) is 3.48. The van der Waals surface area contributed by atoms with Crippen molar-refractivity contribution in [3.8, 4) is 11.4 Å². The third kappa shape index (κ3) is 1.66. The molecule has 0 aliphatic rings. The topological polar surface area (TPSA) is 54.5 Å². The third-order valence-electron chi connectivity index (χ3n) is 3.41. The molecule has 1 N–H and O–H groups in total. The highest BCUT2D eigenvalue weighted by Crippen LogP contribution is 2.25. The molecule has 4 heterocycles. The van der Waals surface area contributed by atoms with Gasteiger partial charge in [0, 0.05) is 28.9 Å². The van der Waals surface area contributed by atoms with Gasteiger partial charge >= 0.3 is 0 Å². The fourth-order valence-electron chi connectivity index (χ4n) is 2.45. The summed E-state index contributed by atoms with van der Waals surface area (Å²) in [5, 5.41) is 2.18. The monoisotopic (exact) mass is 260 g/mol. The number of fused-ring (bicyclic) bond motifs is 3. The van der Waals surface area contributed by atoms with Crippen LogP contribution in [-0.2, 0) is 0 Å². The molecule has 4 aromatic rings. The predicted molar refractivity (Wildman–Crippen MR) is 79.4 cm³/mol. The molecule has 0 saturated carbocycles. The molecule has 4 heteroatoms. The Labute approximate surface area is 115 Å². The van der Waals surface area contributed by atoms with Crippen LogP contribution in [0.3, 0.4) is 0 Å². The van der Waals surface area contributed by atoms with E-state index < -0.39 is 0 Å². The minimum Gasteiger partial charge on any atom is -0.339 e. The molecule has 0 aliphatic carbocycles. The molecule has 96 valence electrons. The Balaban J connectivity index is 1.97. The van der Waals surface area contributed by atoms with E-state index in [-0.39, 0.29) is 0 Å². The van der Waals surface area contributed by atoms with Crippen molar-refractivity contribution < 1.29 is 0 Å². The van der Waals surface area contributed by atoms with Crippen LogP contribution >= 0.6 is 0 Å². The molecule has 0 bridgehead atoms. The number of aromatic nitrogens is 4. The number of aryl methyl sites for hydroxylation is 1. The van der Waals surface area contributed by atoms with Gasteiger partial charge in [0.2, 0.25) is 0 Å². The normalized spacial score (nSPS) is 11.2. The molecular formula is C16H12N4. The zero-order valence-corrected chi connectivity index (χ0v) is 11.0. The summed E-state index contributed by atoms with van der Waals surface area (Å²) in [5.74, 6) is 0. The Morgan fingerprint density at radius 1 is 0.900 bits per heavy atom. The maximum Gasteiger partial charge on any atom is 0.139 e. The van der Waals surface area contributed by atoms with Crippen LogP contribution in [0, 0.1) is 6.92 Å². The molecule has 0 saturated heterocycles. The van der Waals surface area contributed by atoms with Crippen LogP contribution in [0.25, 0.3) is 33.3 Å². The summed E-state index contributed by atoms with van der Waals surface area (Å²) in [6.45, 7) is 1.98. The molecule has 20 heavy (non-hydrogen) atoms. The Morgan fingerprint density at radius 2 is 1.80 bits per heavy atom. The fraction of sp³-hybridized carbons (Fsp3) is 0.0625. The molecule has 4 rings (SSSR count). The van der Waals surface area contributed by atoms with Gasteiger partial charge in [0.05, 0.1) is 16.9 Å². The van der Waals surface area contributed by atoms with Crippen molar-refractivity contribution in [2.75, 3.05) is 0 Å². The van der Waals surface area contributed by atoms with Crippen molar-refractivity contribution in [3.05, 3.63) is 54.5 Å². The summed E-state index contributed by atoms with van der Waals surface area (Å²) in [7, 11) is 0. The summed E-state index contributed by atoms with van der Waals surface area (Å²) in [4.78, 5) is 16.7. The molecule has 0 radical (unpaired) electrons. The molecule has 0 unspecified atom stereocenters. The first-order valence-electron chi connectivity index (χ1n) is 6.48. The molecule has 0 amide bonds. The fourth-order valence-corrected chi connectivity index (χ4v) is 2.45. The van der Waals surface area contributed by atoms with Gasteiger partial charge in [0.1, 0.15) is 5.65 Å². The van der Waals surface area contributed by atoms with E-state index in [0.29, 0.717) is 0 Å². The molecule has 4 nitrogen and oxygen atoms in total. The number of H-pyrrole nitrogens is 1. The highest BCUT2D eigenvalue weighted by Gasteiger charge is 2.08. The van der Waals surface area contributed by atoms with Crippen LogP contribution in [0.15, 0.2) is 48.8 Å². The first kappa shape index (κ1) is 11.1. The summed E-state index contributed by atoms with van der Waals surface area (Å²) >= 11 is 0. The largest absolute Gasteiger partial charge is 0.339 e. The lowest BCUT2D eigenvalue weighted by molar-refractivity contribution is 1.18. The van der Waals surface area contributed by atoms with Crippen molar-refractivity contribution in [2.45, 2.75) is 6.92 Å². The van der Waals surface area contributed by atoms with E-state index in [1.54, 1.807) is 6.20 Å². The van der Waals surface area contributed by atoms with Gasteiger partial charge in [-0.05, 0) is 37.3 Å². The van der Waals surface area contributed by atoms with E-state index in [4.69, 9.17) is 0 Å². The van der Waals surface area contributed by atoms with Gasteiger partial charge in [-0.25, -0.2) is 4.98 Å². The SMILES string of the molecule is Cc1cccc(-c2ccc3c(n2)[nH]c2ccncc23)n1. The zero-order chi connectivity index (χ0) is 13.5. The summed E-state index contributed by atoms with van der Waals surface area (Å²) in [6.07, 6.45) is 3.64. The second-order valence-corrected chi connectivity index (χ2v) is 4.80. The number of nitrogens with one attached hydrogen (secondary N) is 1. The van der Waals surface area contributed by atoms with E-state index in [1.165, 1.54) is 0 Å². The molecule has 0 aromatic carbocycles. The van der Waals surface area contributed by atoms with Crippen molar-refractivity contribution in [3.63, 3.8) is 0 Å². The first-order valence-corrected chi connectivity index (χ1v) is 6.48. The second kappa shape index (κ2) is 4.13. The Hall–Kier alpha value is -2.75. The lowest BCUT2D eigenvalue weighted by Gasteiger charge is -2.01. The van der Waals surface area contributed by atoms with Crippen molar-refractivity contribution in [1.82, 2.24) is 19.9 Å². The number of aromatic amines is 1. The minimum absolute atomic E-state index is 0.869. The van der Waals surface area contributed by atoms with Gasteiger partial charge in [-0.3, -0.25) is 9.97 Å². The van der Waals surface area contributed by atoms with Gasteiger partial charge in [0.25, 0.3) is 0 Å². The van der Waals surface area contributed by atoms with Gasteiger partial charge in [-0.2, -0.15) is 0 Å². The number of rotatable bonds is 1. The van der Waals surface area contributed by atoms with Crippen LogP contribution in [-0.4, -0.2) is 19.9 Å². The molecule has 4 aromatic heterocycles. The standard InChI is InChI=1S/C16H12N4/c1-10-3-2-4-14(18-10)15-6-5-11-12-9-17-8-7-13(12)19-16(11)20-15/h2-9H,1H3,(H,19,20). The smallest absolute Gasteiger partial charge is 0.139 e. The van der Waals surface area contributed by atoms with Crippen LogP contribution in [0.2, 0.25) is 0 Å². The zero-order valence-electron chi connectivity index (χ0n) is 11.0. The molecule has 0 atom stereocenters. The summed E-state index contributed by atoms with van der Waals surface area (Å²) < 4.78 is 0. The van der Waals surface area contributed by atoms with Gasteiger partial charge in [0.15, 0.2) is 0 Å². The van der Waals surface area contributed by atoms with E-state index >= 15 is 0 Å². The molecule has 0 spiro atoms. The molecule has 0 fully saturated rings. The second-order valence-electron chi connectivity index (χ2n) is 4.80. The average Bonchev–Trinajstić information content (AvgIpc) is 2.85. The lowest BCUT2D eigenvalue weighted by atomic mass is 10.2. The van der Waals surface area contributed by atoms with Crippen LogP contribution in [0.5, 0.6) is 0 Å². The summed E-state index contributed by atoms with van der Waals surface area (Å²) in [6, 6.07) is 12.0. The maximum absolute atomic E-state index is 4.68. The maximum atomic E-state index is 4.68. The van der Waals surface area contributed by atoms with Crippen molar-refractivity contribution in [1.29, 1.82) is 0 Å². The summed E-state index contributed by atoms with van der Waals surface area (Å²) in [5.41, 5.74) is 4.68. The number of pyridine rings is 3. The number of hydrogen-bond acceptors (Lipinski definition) is 3. The van der Waals surface area contributed by atoms with Crippen LogP contribution in [0.4, 0.5) is 0 Å². The molecule has 0 aliphatic heterocycles. The average molecular weight is 260 g/mol. The van der Waals surface area contributed by atoms with Crippen LogP contribution in [0.1, 0.15) is 5.69 Å². The quantitative estimate of drug-likeness (QED) is 0.570. The van der Waals surface area contributed by atoms with Gasteiger partial charge in [-0.1, -0.05) is 6.07 Å². The van der Waals surface area contributed by atoms with Crippen LogP contribution < -0.4 is 0 Å². The van der Waals surface area contributed by atoms with Gasteiger partial charge in [-0.15, -0.1) is 0 Å². The molecular weight excluding hydrogens is 248 g/mol. The lowest BCUT2D eigenvalue weighted by Crippen LogP contribution is -1.89. The Kier molecular flexibility index (Phi) is 2.29. The van der Waals surface area contributed by atoms with Crippen molar-refractivity contribution >= 4 is 21.9 Å². The van der Waals surface area contributed by atoms with E-state index in [0.717, 1.165) is 39.0 Å². The van der Waals surface area contributed by atoms with Gasteiger partial charge < -0.3 is 4.98 Å². The first-order chi connectivity index (χ1) is 9.81. The Bertz CT molecular complexity index is 924. The number of hydrogen-bond donors (Lipinski definition) is 1. The highest BCUT2D eigenvalue weighted by molar-refractivity contribution is 6.05. The van der Waals surface area contributed by atoms with Crippen molar-refractivity contribution in [2.24, 2.45) is 0 Å². The minimum atomic E-state index is 0.869. The van der Waals surface area contributed by atoms with E-state index in [2.05, 4.69) is 26.0 Å². The Morgan fingerprint density at radius 3 is 2.70 bits per heavy atom. The number of nitrogens with zero attached hydrogens (tertiary/aromatic N) is 3.